The molecule has 0 amide bonds. The molecule has 0 aliphatic heterocycles. The van der Waals surface area contributed by atoms with Gasteiger partial charge in [0, 0.05) is 23.8 Å². The maximum atomic E-state index is 11.5. The van der Waals surface area contributed by atoms with Crippen LogP contribution in [0.25, 0.3) is 10.9 Å². The Labute approximate surface area is 110 Å². The third kappa shape index (κ3) is 2.37. The number of pyridine rings is 1. The Balaban J connectivity index is 2.83. The number of aromatic carboxylic acids is 1. The molecule has 0 atom stereocenters. The Morgan fingerprint density at radius 3 is 2.68 bits per heavy atom. The number of aryl methyl sites for hydroxylation is 1. The number of hydrogen-bond donors (Lipinski definition) is 1. The van der Waals surface area contributed by atoms with Crippen molar-refractivity contribution in [1.82, 2.24) is 4.98 Å². The van der Waals surface area contributed by atoms with Crippen molar-refractivity contribution >= 4 is 16.9 Å². The van der Waals surface area contributed by atoms with Crippen molar-refractivity contribution in [2.45, 2.75) is 13.5 Å². The number of rotatable bonds is 4. The quantitative estimate of drug-likeness (QED) is 0.915. The molecule has 1 aromatic heterocycles. The van der Waals surface area contributed by atoms with Crippen LogP contribution in [0.2, 0.25) is 0 Å². The molecule has 5 heteroatoms. The van der Waals surface area contributed by atoms with Gasteiger partial charge in [0.25, 0.3) is 0 Å². The summed E-state index contributed by atoms with van der Waals surface area (Å²) < 4.78 is 10.2. The number of methoxy groups -OCH3 is 2. The zero-order chi connectivity index (χ0) is 14.0. The van der Waals surface area contributed by atoms with Crippen molar-refractivity contribution < 1.29 is 19.4 Å². The Morgan fingerprint density at radius 1 is 1.37 bits per heavy atom. The highest BCUT2D eigenvalue weighted by Crippen LogP contribution is 2.27. The molecule has 0 saturated heterocycles. The summed E-state index contributed by atoms with van der Waals surface area (Å²) in [7, 11) is 3.07. The number of fused-ring (bicyclic) bond motifs is 1. The molecule has 0 aliphatic rings. The predicted molar refractivity (Wildman–Crippen MR) is 70.7 cm³/mol. The van der Waals surface area contributed by atoms with Crippen molar-refractivity contribution in [2.24, 2.45) is 0 Å². The van der Waals surface area contributed by atoms with Crippen molar-refractivity contribution in [3.8, 4) is 5.75 Å². The molecule has 0 unspecified atom stereocenters. The highest BCUT2D eigenvalue weighted by Gasteiger charge is 2.18. The van der Waals surface area contributed by atoms with Gasteiger partial charge in [-0.1, -0.05) is 0 Å². The van der Waals surface area contributed by atoms with E-state index in [-0.39, 0.29) is 12.2 Å². The van der Waals surface area contributed by atoms with E-state index in [1.165, 1.54) is 7.11 Å². The van der Waals surface area contributed by atoms with Crippen molar-refractivity contribution in [3.63, 3.8) is 0 Å². The summed E-state index contributed by atoms with van der Waals surface area (Å²) in [5, 5.41) is 10.0. The molecular formula is C14H15NO4. The highest BCUT2D eigenvalue weighted by molar-refractivity contribution is 6.04. The molecule has 1 aromatic carbocycles. The van der Waals surface area contributed by atoms with Gasteiger partial charge in [-0.2, -0.15) is 0 Å². The summed E-state index contributed by atoms with van der Waals surface area (Å²) in [6, 6.07) is 5.20. The molecule has 0 radical (unpaired) electrons. The Hall–Kier alpha value is -2.14. The van der Waals surface area contributed by atoms with Crippen LogP contribution in [0.4, 0.5) is 0 Å². The Bertz CT molecular complexity index is 637. The largest absolute Gasteiger partial charge is 0.497 e. The predicted octanol–water partition coefficient (Wildman–Crippen LogP) is 2.40. The number of hydrogen-bond acceptors (Lipinski definition) is 4. The zero-order valence-corrected chi connectivity index (χ0v) is 11.1. The van der Waals surface area contributed by atoms with Crippen molar-refractivity contribution in [3.05, 3.63) is 35.0 Å². The third-order valence-corrected chi connectivity index (χ3v) is 3.00. The average Bonchev–Trinajstić information content (AvgIpc) is 2.38. The minimum atomic E-state index is -0.990. The number of carbonyl (C=O) groups is 1. The smallest absolute Gasteiger partial charge is 0.336 e. The lowest BCUT2D eigenvalue weighted by Crippen LogP contribution is -2.08. The van der Waals surface area contributed by atoms with Crippen LogP contribution in [0.5, 0.6) is 5.75 Å². The standard InChI is InChI=1S/C14H15NO4/c1-8-11(7-18-2)13(14(16)17)10-6-9(19-3)4-5-12(10)15-8/h4-6H,7H2,1-3H3,(H,16,17). The van der Waals surface area contributed by atoms with Gasteiger partial charge in [-0.05, 0) is 25.1 Å². The molecule has 19 heavy (non-hydrogen) atoms. The van der Waals surface area contributed by atoms with Gasteiger partial charge in [-0.3, -0.25) is 4.98 Å². The van der Waals surface area contributed by atoms with Gasteiger partial charge in [0.2, 0.25) is 0 Å². The van der Waals surface area contributed by atoms with Crippen LogP contribution in [0.15, 0.2) is 18.2 Å². The number of carboxylic acids is 1. The first kappa shape index (κ1) is 13.3. The van der Waals surface area contributed by atoms with Gasteiger partial charge in [-0.15, -0.1) is 0 Å². The molecular weight excluding hydrogens is 246 g/mol. The minimum Gasteiger partial charge on any atom is -0.497 e. The average molecular weight is 261 g/mol. The van der Waals surface area contributed by atoms with Crippen LogP contribution in [0, 0.1) is 6.92 Å². The summed E-state index contributed by atoms with van der Waals surface area (Å²) in [6.07, 6.45) is 0. The molecule has 0 fully saturated rings. The lowest BCUT2D eigenvalue weighted by Gasteiger charge is -2.12. The first-order valence-electron chi connectivity index (χ1n) is 5.78. The lowest BCUT2D eigenvalue weighted by molar-refractivity contribution is 0.0694. The first-order chi connectivity index (χ1) is 9.08. The van der Waals surface area contributed by atoms with E-state index >= 15 is 0 Å². The van der Waals surface area contributed by atoms with Crippen LogP contribution in [-0.4, -0.2) is 30.3 Å². The maximum Gasteiger partial charge on any atom is 0.336 e. The number of ether oxygens (including phenoxy) is 2. The summed E-state index contributed by atoms with van der Waals surface area (Å²) in [5.74, 6) is -0.389. The molecule has 2 rings (SSSR count). The topological polar surface area (TPSA) is 68.7 Å². The molecule has 1 N–H and O–H groups in total. The number of carboxylic acid groups (broad SMARTS) is 1. The number of benzene rings is 1. The summed E-state index contributed by atoms with van der Waals surface area (Å²) in [6.45, 7) is 2.00. The van der Waals surface area contributed by atoms with Gasteiger partial charge in [0.05, 0.1) is 24.8 Å². The van der Waals surface area contributed by atoms with E-state index in [1.54, 1.807) is 32.2 Å². The molecule has 0 aliphatic carbocycles. The van der Waals surface area contributed by atoms with E-state index in [0.717, 1.165) is 0 Å². The lowest BCUT2D eigenvalue weighted by atomic mass is 10.0. The van der Waals surface area contributed by atoms with E-state index in [2.05, 4.69) is 4.98 Å². The fourth-order valence-electron chi connectivity index (χ4n) is 2.10. The highest BCUT2D eigenvalue weighted by atomic mass is 16.5. The molecule has 0 spiro atoms. The third-order valence-electron chi connectivity index (χ3n) is 3.00. The second kappa shape index (κ2) is 5.24. The van der Waals surface area contributed by atoms with E-state index in [4.69, 9.17) is 9.47 Å². The molecule has 0 bridgehead atoms. The molecule has 0 saturated carbocycles. The van der Waals surface area contributed by atoms with Crippen LogP contribution >= 0.6 is 0 Å². The summed E-state index contributed by atoms with van der Waals surface area (Å²) in [5.41, 5.74) is 2.12. The summed E-state index contributed by atoms with van der Waals surface area (Å²) in [4.78, 5) is 16.0. The molecule has 100 valence electrons. The second-order valence-electron chi connectivity index (χ2n) is 4.17. The maximum absolute atomic E-state index is 11.5. The van der Waals surface area contributed by atoms with Crippen LogP contribution in [-0.2, 0) is 11.3 Å². The van der Waals surface area contributed by atoms with Crippen molar-refractivity contribution in [1.29, 1.82) is 0 Å². The van der Waals surface area contributed by atoms with Gasteiger partial charge in [0.15, 0.2) is 0 Å². The molecule has 5 nitrogen and oxygen atoms in total. The Kier molecular flexibility index (Phi) is 3.66. The fourth-order valence-corrected chi connectivity index (χ4v) is 2.10. The first-order valence-corrected chi connectivity index (χ1v) is 5.78. The van der Waals surface area contributed by atoms with Gasteiger partial charge >= 0.3 is 5.97 Å². The normalized spacial score (nSPS) is 10.7. The molecule has 2 aromatic rings. The van der Waals surface area contributed by atoms with Gasteiger partial charge < -0.3 is 14.6 Å². The monoisotopic (exact) mass is 261 g/mol. The second-order valence-corrected chi connectivity index (χ2v) is 4.17. The van der Waals surface area contributed by atoms with Crippen LogP contribution in [0.1, 0.15) is 21.6 Å². The Morgan fingerprint density at radius 2 is 2.11 bits per heavy atom. The van der Waals surface area contributed by atoms with E-state index < -0.39 is 5.97 Å². The SMILES string of the molecule is COCc1c(C)nc2ccc(OC)cc2c1C(=O)O. The van der Waals surface area contributed by atoms with E-state index in [9.17, 15) is 9.90 Å². The summed E-state index contributed by atoms with van der Waals surface area (Å²) >= 11 is 0. The van der Waals surface area contributed by atoms with E-state index in [0.29, 0.717) is 27.9 Å². The fraction of sp³-hybridized carbons (Fsp3) is 0.286. The number of nitrogens with zero attached hydrogens (tertiary/aromatic N) is 1. The van der Waals surface area contributed by atoms with E-state index in [1.807, 2.05) is 0 Å². The number of aromatic nitrogens is 1. The van der Waals surface area contributed by atoms with Crippen LogP contribution in [0.3, 0.4) is 0 Å². The van der Waals surface area contributed by atoms with Gasteiger partial charge in [0.1, 0.15) is 5.75 Å². The minimum absolute atomic E-state index is 0.216. The van der Waals surface area contributed by atoms with Gasteiger partial charge in [-0.25, -0.2) is 4.79 Å². The molecule has 1 heterocycles. The van der Waals surface area contributed by atoms with Crippen molar-refractivity contribution in [2.75, 3.05) is 14.2 Å². The van der Waals surface area contributed by atoms with Crippen LogP contribution < -0.4 is 4.74 Å². The zero-order valence-electron chi connectivity index (χ0n) is 11.1.